The molecule has 23 heavy (non-hydrogen) atoms. The first-order valence-corrected chi connectivity index (χ1v) is 5.54. The summed E-state index contributed by atoms with van der Waals surface area (Å²) in [6, 6.07) is 11.7. The second kappa shape index (κ2) is 12.3. The van der Waals surface area contributed by atoms with Crippen molar-refractivity contribution in [1.82, 2.24) is 0 Å². The standard InChI is InChI=1S/2C7H7NO2.2CH4.Sn/c2*8-6-3-1-5(2-4-6)7(9)10;;;/h2*1-4H,8H2,(H,9,10);2*1H4;/q;;;;+2/p-2. The van der Waals surface area contributed by atoms with Crippen LogP contribution in [0.3, 0.4) is 0 Å². The van der Waals surface area contributed by atoms with E-state index >= 15 is 0 Å². The summed E-state index contributed by atoms with van der Waals surface area (Å²) in [4.78, 5) is 20.3. The summed E-state index contributed by atoms with van der Waals surface area (Å²) < 4.78 is 0. The van der Waals surface area contributed by atoms with Crippen LogP contribution in [-0.2, 0) is 0 Å². The summed E-state index contributed by atoms with van der Waals surface area (Å²) >= 11 is 0. The number of hydrogen-bond donors (Lipinski definition) is 2. The van der Waals surface area contributed by atoms with Gasteiger partial charge in [0, 0.05) is 11.4 Å². The maximum Gasteiger partial charge on any atom is 2.00 e. The summed E-state index contributed by atoms with van der Waals surface area (Å²) in [6.45, 7) is 0. The third-order valence-electron chi connectivity index (χ3n) is 2.29. The summed E-state index contributed by atoms with van der Waals surface area (Å²) in [5, 5.41) is 20.3. The monoisotopic (exact) mass is 424 g/mol. The van der Waals surface area contributed by atoms with Crippen LogP contribution in [0.1, 0.15) is 35.6 Å². The number of nitrogens with two attached hydrogens (primary N) is 2. The van der Waals surface area contributed by atoms with Gasteiger partial charge in [0.2, 0.25) is 0 Å². The van der Waals surface area contributed by atoms with Gasteiger partial charge in [0.1, 0.15) is 0 Å². The molecule has 0 aromatic heterocycles. The SMILES string of the molecule is C.C.Nc1ccc(C(=O)[O-])cc1.Nc1ccc(C(=O)[O-])cc1.[Sn+2]. The molecule has 0 fully saturated rings. The molecular formula is C16H20N2O4Sn. The van der Waals surface area contributed by atoms with Crippen LogP contribution in [0.15, 0.2) is 48.5 Å². The maximum absolute atomic E-state index is 10.2. The average Bonchev–Trinajstić information content (AvgIpc) is 2.40. The minimum absolute atomic E-state index is 0. The van der Waals surface area contributed by atoms with Crippen LogP contribution in [0, 0.1) is 0 Å². The fraction of sp³-hybridized carbons (Fsp3) is 0.125. The Balaban J connectivity index is -0.000000308. The second-order valence-electron chi connectivity index (χ2n) is 3.82. The van der Waals surface area contributed by atoms with Crippen LogP contribution >= 0.6 is 0 Å². The Morgan fingerprint density at radius 3 is 1.04 bits per heavy atom. The quantitative estimate of drug-likeness (QED) is 0.523. The van der Waals surface area contributed by atoms with Gasteiger partial charge in [-0.15, -0.1) is 0 Å². The van der Waals surface area contributed by atoms with E-state index in [0.29, 0.717) is 11.4 Å². The Hall–Kier alpha value is -2.22. The molecular weight excluding hydrogens is 403 g/mol. The van der Waals surface area contributed by atoms with Crippen molar-refractivity contribution in [3.8, 4) is 0 Å². The van der Waals surface area contributed by atoms with Crippen LogP contribution in [0.5, 0.6) is 0 Å². The topological polar surface area (TPSA) is 132 Å². The van der Waals surface area contributed by atoms with Gasteiger partial charge in [-0.05, 0) is 35.4 Å². The van der Waals surface area contributed by atoms with Gasteiger partial charge in [0.05, 0.1) is 11.9 Å². The molecule has 7 heteroatoms. The van der Waals surface area contributed by atoms with Gasteiger partial charge in [-0.1, -0.05) is 39.1 Å². The zero-order valence-electron chi connectivity index (χ0n) is 10.9. The Morgan fingerprint density at radius 2 is 0.870 bits per heavy atom. The number of hydrogen-bond acceptors (Lipinski definition) is 6. The number of benzene rings is 2. The molecule has 0 heterocycles. The molecule has 2 radical (unpaired) electrons. The smallest absolute Gasteiger partial charge is 0.545 e. The van der Waals surface area contributed by atoms with Gasteiger partial charge in [0.15, 0.2) is 0 Å². The van der Waals surface area contributed by atoms with Crippen molar-refractivity contribution in [2.24, 2.45) is 0 Å². The molecule has 0 spiro atoms. The number of aromatic carboxylic acids is 2. The van der Waals surface area contributed by atoms with Crippen molar-refractivity contribution in [1.29, 1.82) is 0 Å². The number of carboxylic acids is 2. The summed E-state index contributed by atoms with van der Waals surface area (Å²) in [6.07, 6.45) is 0. The summed E-state index contributed by atoms with van der Waals surface area (Å²) in [5.74, 6) is -2.36. The first-order valence-electron chi connectivity index (χ1n) is 5.54. The molecule has 0 aliphatic heterocycles. The number of carbonyl (C=O) groups excluding carboxylic acids is 2. The van der Waals surface area contributed by atoms with Crippen molar-refractivity contribution in [2.45, 2.75) is 14.9 Å². The molecule has 0 bridgehead atoms. The number of anilines is 2. The second-order valence-corrected chi connectivity index (χ2v) is 3.82. The van der Waals surface area contributed by atoms with Gasteiger partial charge in [-0.25, -0.2) is 0 Å². The summed E-state index contributed by atoms with van der Waals surface area (Å²) in [5.41, 5.74) is 12.0. The van der Waals surface area contributed by atoms with E-state index in [-0.39, 0.29) is 49.9 Å². The predicted octanol–water partition coefficient (Wildman–Crippen LogP) is 0.156. The molecule has 2 aromatic carbocycles. The van der Waals surface area contributed by atoms with E-state index < -0.39 is 11.9 Å². The average molecular weight is 423 g/mol. The molecule has 0 atom stereocenters. The fourth-order valence-corrected chi connectivity index (χ4v) is 1.24. The van der Waals surface area contributed by atoms with Crippen molar-refractivity contribution >= 4 is 47.2 Å². The number of carbonyl (C=O) groups is 2. The van der Waals surface area contributed by atoms with Crippen LogP contribution < -0.4 is 21.7 Å². The minimum Gasteiger partial charge on any atom is -0.545 e. The van der Waals surface area contributed by atoms with E-state index in [4.69, 9.17) is 11.5 Å². The van der Waals surface area contributed by atoms with Gasteiger partial charge in [0.25, 0.3) is 0 Å². The number of rotatable bonds is 2. The van der Waals surface area contributed by atoms with Crippen LogP contribution in [0.2, 0.25) is 0 Å². The summed E-state index contributed by atoms with van der Waals surface area (Å²) in [7, 11) is 0. The molecule has 0 saturated carbocycles. The molecule has 2 aromatic rings. The van der Waals surface area contributed by atoms with E-state index in [1.807, 2.05) is 0 Å². The molecule has 2 rings (SSSR count). The van der Waals surface area contributed by atoms with Crippen molar-refractivity contribution < 1.29 is 19.8 Å². The normalized spacial score (nSPS) is 8.00. The van der Waals surface area contributed by atoms with E-state index in [9.17, 15) is 19.8 Å². The molecule has 0 aliphatic carbocycles. The van der Waals surface area contributed by atoms with E-state index in [1.165, 1.54) is 48.5 Å². The molecule has 122 valence electrons. The molecule has 0 saturated heterocycles. The maximum atomic E-state index is 10.2. The van der Waals surface area contributed by atoms with Crippen LogP contribution in [-0.4, -0.2) is 35.8 Å². The van der Waals surface area contributed by atoms with Gasteiger partial charge < -0.3 is 31.3 Å². The van der Waals surface area contributed by atoms with Crippen molar-refractivity contribution in [3.05, 3.63) is 59.7 Å². The predicted molar refractivity (Wildman–Crippen MR) is 89.6 cm³/mol. The molecule has 0 amide bonds. The largest absolute Gasteiger partial charge is 2.00 e. The van der Waals surface area contributed by atoms with E-state index in [0.717, 1.165) is 0 Å². The third-order valence-corrected chi connectivity index (χ3v) is 2.29. The first kappa shape index (κ1) is 25.7. The van der Waals surface area contributed by atoms with Gasteiger partial charge in [-0.3, -0.25) is 0 Å². The molecule has 4 N–H and O–H groups in total. The molecule has 0 unspecified atom stereocenters. The fourth-order valence-electron chi connectivity index (χ4n) is 1.24. The number of nitrogen functional groups attached to an aromatic ring is 2. The van der Waals surface area contributed by atoms with Crippen LogP contribution in [0.4, 0.5) is 11.4 Å². The Labute approximate surface area is 153 Å². The zero-order valence-corrected chi connectivity index (χ0v) is 13.8. The molecule has 0 aliphatic rings. The Morgan fingerprint density at radius 1 is 0.652 bits per heavy atom. The van der Waals surface area contributed by atoms with E-state index in [1.54, 1.807) is 0 Å². The number of carboxylic acid groups (broad SMARTS) is 2. The minimum atomic E-state index is -1.18. The first-order chi connectivity index (χ1) is 9.40. The van der Waals surface area contributed by atoms with Crippen LogP contribution in [0.25, 0.3) is 0 Å². The van der Waals surface area contributed by atoms with Gasteiger partial charge >= 0.3 is 23.9 Å². The Bertz CT molecular complexity index is 543. The molecule has 6 nitrogen and oxygen atoms in total. The van der Waals surface area contributed by atoms with Crippen molar-refractivity contribution in [2.75, 3.05) is 11.5 Å². The Kier molecular flexibility index (Phi) is 13.8. The van der Waals surface area contributed by atoms with Gasteiger partial charge in [-0.2, -0.15) is 0 Å². The van der Waals surface area contributed by atoms with E-state index in [2.05, 4.69) is 0 Å². The zero-order chi connectivity index (χ0) is 15.1. The third kappa shape index (κ3) is 9.41. The van der Waals surface area contributed by atoms with Crippen molar-refractivity contribution in [3.63, 3.8) is 0 Å².